The van der Waals surface area contributed by atoms with Crippen molar-refractivity contribution in [2.45, 2.75) is 26.0 Å². The fourth-order valence-corrected chi connectivity index (χ4v) is 2.45. The largest absolute Gasteiger partial charge is 0.486 e. The first-order chi connectivity index (χ1) is 14.0. The minimum absolute atomic E-state index is 0.0612. The van der Waals surface area contributed by atoms with E-state index in [9.17, 15) is 9.18 Å². The van der Waals surface area contributed by atoms with E-state index in [1.165, 1.54) is 11.0 Å². The number of guanidine groups is 1. The molecule has 0 saturated heterocycles. The zero-order valence-corrected chi connectivity index (χ0v) is 17.2. The fourth-order valence-electron chi connectivity index (χ4n) is 2.45. The van der Waals surface area contributed by atoms with E-state index in [0.29, 0.717) is 25.5 Å². The van der Waals surface area contributed by atoms with Gasteiger partial charge in [0.25, 0.3) is 0 Å². The van der Waals surface area contributed by atoms with Crippen molar-refractivity contribution in [2.75, 3.05) is 27.2 Å². The van der Waals surface area contributed by atoms with E-state index in [-0.39, 0.29) is 24.3 Å². The van der Waals surface area contributed by atoms with Crippen molar-refractivity contribution in [1.82, 2.24) is 15.5 Å². The summed E-state index contributed by atoms with van der Waals surface area (Å²) in [5, 5.41) is 6.24. The highest BCUT2D eigenvalue weighted by atomic mass is 19.1. The molecule has 0 aliphatic carbocycles. The van der Waals surface area contributed by atoms with Crippen LogP contribution < -0.4 is 15.4 Å². The highest BCUT2D eigenvalue weighted by molar-refractivity contribution is 5.86. The summed E-state index contributed by atoms with van der Waals surface area (Å²) in [4.78, 5) is 18.0. The van der Waals surface area contributed by atoms with Gasteiger partial charge in [-0.1, -0.05) is 49.4 Å². The second-order valence-electron chi connectivity index (χ2n) is 6.75. The van der Waals surface area contributed by atoms with Crippen molar-refractivity contribution in [3.63, 3.8) is 0 Å². The van der Waals surface area contributed by atoms with Crippen LogP contribution in [0.4, 0.5) is 4.39 Å². The molecule has 29 heavy (non-hydrogen) atoms. The first-order valence-corrected chi connectivity index (χ1v) is 9.67. The molecule has 0 heterocycles. The van der Waals surface area contributed by atoms with Gasteiger partial charge >= 0.3 is 0 Å². The van der Waals surface area contributed by atoms with E-state index in [4.69, 9.17) is 4.74 Å². The lowest BCUT2D eigenvalue weighted by molar-refractivity contribution is -0.127. The van der Waals surface area contributed by atoms with Crippen molar-refractivity contribution in [1.29, 1.82) is 0 Å². The maximum Gasteiger partial charge on any atom is 0.241 e. The van der Waals surface area contributed by atoms with Crippen LogP contribution in [-0.2, 0) is 11.3 Å². The van der Waals surface area contributed by atoms with Gasteiger partial charge in [0.2, 0.25) is 5.91 Å². The summed E-state index contributed by atoms with van der Waals surface area (Å²) < 4.78 is 19.6. The van der Waals surface area contributed by atoms with Crippen LogP contribution in [-0.4, -0.2) is 50.1 Å². The average Bonchev–Trinajstić information content (AvgIpc) is 2.73. The minimum Gasteiger partial charge on any atom is -0.486 e. The number of carbonyl (C=O) groups is 1. The van der Waals surface area contributed by atoms with Crippen LogP contribution in [0.2, 0.25) is 0 Å². The normalized spacial score (nSPS) is 12.2. The molecule has 7 heteroatoms. The summed E-state index contributed by atoms with van der Waals surface area (Å²) in [6.45, 7) is 2.98. The van der Waals surface area contributed by atoms with Gasteiger partial charge in [0.05, 0.1) is 19.6 Å². The van der Waals surface area contributed by atoms with Gasteiger partial charge in [0.15, 0.2) is 17.5 Å². The van der Waals surface area contributed by atoms with Crippen molar-refractivity contribution in [2.24, 2.45) is 4.99 Å². The number of hydrogen-bond donors (Lipinski definition) is 2. The zero-order chi connectivity index (χ0) is 21.1. The summed E-state index contributed by atoms with van der Waals surface area (Å²) in [5.41, 5.74) is 1.06. The number of nitrogens with zero attached hydrogens (tertiary/aromatic N) is 2. The number of hydrogen-bond acceptors (Lipinski definition) is 3. The predicted octanol–water partition coefficient (Wildman–Crippen LogP) is 2.81. The Hall–Kier alpha value is -3.09. The molecule has 0 aliphatic heterocycles. The Bertz CT molecular complexity index is 796. The van der Waals surface area contributed by atoms with Crippen LogP contribution in [0.3, 0.4) is 0 Å². The Labute approximate surface area is 171 Å². The SMILES string of the molecule is CCC(CNC(=NCc1ccccc1)NCC(=O)N(C)C)Oc1ccccc1F. The highest BCUT2D eigenvalue weighted by Crippen LogP contribution is 2.17. The zero-order valence-electron chi connectivity index (χ0n) is 17.2. The van der Waals surface area contributed by atoms with Crippen molar-refractivity contribution < 1.29 is 13.9 Å². The number of likely N-dealkylation sites (N-methyl/N-ethyl adjacent to an activating group) is 1. The summed E-state index contributed by atoms with van der Waals surface area (Å²) in [6.07, 6.45) is 0.435. The van der Waals surface area contributed by atoms with Crippen LogP contribution >= 0.6 is 0 Å². The Morgan fingerprint density at radius 1 is 1.10 bits per heavy atom. The minimum atomic E-state index is -0.390. The lowest BCUT2D eigenvalue weighted by Crippen LogP contribution is -2.45. The van der Waals surface area contributed by atoms with Crippen molar-refractivity contribution in [3.8, 4) is 5.75 Å². The number of carbonyl (C=O) groups excluding carboxylic acids is 1. The van der Waals surface area contributed by atoms with E-state index in [1.54, 1.807) is 32.3 Å². The van der Waals surface area contributed by atoms with Crippen molar-refractivity contribution >= 4 is 11.9 Å². The number of nitrogens with one attached hydrogen (secondary N) is 2. The van der Waals surface area contributed by atoms with Crippen LogP contribution in [0, 0.1) is 5.82 Å². The summed E-state index contributed by atoms with van der Waals surface area (Å²) in [6, 6.07) is 16.2. The topological polar surface area (TPSA) is 66.0 Å². The molecule has 6 nitrogen and oxygen atoms in total. The molecule has 1 amide bonds. The third-order valence-corrected chi connectivity index (χ3v) is 4.25. The maximum absolute atomic E-state index is 13.9. The highest BCUT2D eigenvalue weighted by Gasteiger charge is 2.13. The number of halogens is 1. The Kier molecular flexibility index (Phi) is 8.95. The molecular weight excluding hydrogens is 371 g/mol. The van der Waals surface area contributed by atoms with Crippen LogP contribution in [0.25, 0.3) is 0 Å². The number of para-hydroxylation sites is 1. The van der Waals surface area contributed by atoms with Crippen LogP contribution in [0.5, 0.6) is 5.75 Å². The molecule has 0 saturated carbocycles. The fraction of sp³-hybridized carbons (Fsp3) is 0.364. The maximum atomic E-state index is 13.9. The molecule has 2 N–H and O–H groups in total. The molecular formula is C22H29FN4O2. The third kappa shape index (κ3) is 7.81. The monoisotopic (exact) mass is 400 g/mol. The van der Waals surface area contributed by atoms with Gasteiger partial charge in [0, 0.05) is 14.1 Å². The quantitative estimate of drug-likeness (QED) is 0.502. The summed E-state index contributed by atoms with van der Waals surface area (Å²) >= 11 is 0. The Morgan fingerprint density at radius 3 is 2.45 bits per heavy atom. The molecule has 2 rings (SSSR count). The van der Waals surface area contributed by atoms with Crippen LogP contribution in [0.1, 0.15) is 18.9 Å². The lowest BCUT2D eigenvalue weighted by Gasteiger charge is -2.21. The van der Waals surface area contributed by atoms with Gasteiger partial charge in [0.1, 0.15) is 6.10 Å². The van der Waals surface area contributed by atoms with Gasteiger partial charge in [-0.3, -0.25) is 4.79 Å². The standard InChI is InChI=1S/C22H29FN4O2/c1-4-18(29-20-13-9-8-12-19(20)23)15-25-22(26-16-21(28)27(2)3)24-14-17-10-6-5-7-11-17/h5-13,18H,4,14-16H2,1-3H3,(H2,24,25,26). The van der Waals surface area contributed by atoms with E-state index < -0.39 is 5.82 Å². The smallest absolute Gasteiger partial charge is 0.241 e. The molecule has 2 aromatic carbocycles. The first-order valence-electron chi connectivity index (χ1n) is 9.67. The summed E-state index contributed by atoms with van der Waals surface area (Å²) in [5.74, 6) is 0.270. The van der Waals surface area contributed by atoms with Gasteiger partial charge in [-0.2, -0.15) is 0 Å². The first kappa shape index (κ1) is 22.2. The molecule has 0 radical (unpaired) electrons. The van der Waals surface area contributed by atoms with Gasteiger partial charge in [-0.05, 0) is 24.1 Å². The molecule has 1 atom stereocenters. The third-order valence-electron chi connectivity index (χ3n) is 4.25. The van der Waals surface area contributed by atoms with Gasteiger partial charge in [-0.15, -0.1) is 0 Å². The Morgan fingerprint density at radius 2 is 1.79 bits per heavy atom. The number of amides is 1. The van der Waals surface area contributed by atoms with Gasteiger partial charge in [-0.25, -0.2) is 9.38 Å². The van der Waals surface area contributed by atoms with E-state index in [1.807, 2.05) is 37.3 Å². The molecule has 0 aliphatic rings. The average molecular weight is 400 g/mol. The molecule has 156 valence electrons. The second kappa shape index (κ2) is 11.7. The second-order valence-corrected chi connectivity index (χ2v) is 6.75. The number of ether oxygens (including phenoxy) is 1. The number of aliphatic imine (C=N–C) groups is 1. The summed E-state index contributed by atoms with van der Waals surface area (Å²) in [7, 11) is 3.40. The molecule has 0 fully saturated rings. The lowest BCUT2D eigenvalue weighted by atomic mass is 10.2. The molecule has 1 unspecified atom stereocenters. The van der Waals surface area contributed by atoms with E-state index in [2.05, 4.69) is 15.6 Å². The van der Waals surface area contributed by atoms with E-state index in [0.717, 1.165) is 5.56 Å². The molecule has 0 spiro atoms. The van der Waals surface area contributed by atoms with Gasteiger partial charge < -0.3 is 20.3 Å². The molecule has 0 bridgehead atoms. The Balaban J connectivity index is 2.00. The van der Waals surface area contributed by atoms with Crippen molar-refractivity contribution in [3.05, 3.63) is 66.0 Å². The predicted molar refractivity (Wildman–Crippen MR) is 113 cm³/mol. The van der Waals surface area contributed by atoms with Crippen LogP contribution in [0.15, 0.2) is 59.6 Å². The number of rotatable bonds is 9. The molecule has 2 aromatic rings. The molecule has 0 aromatic heterocycles. The number of benzene rings is 2. The van der Waals surface area contributed by atoms with E-state index >= 15 is 0 Å².